The fourth-order valence-corrected chi connectivity index (χ4v) is 3.22. The summed E-state index contributed by atoms with van der Waals surface area (Å²) < 4.78 is 5.31. The number of hydrogen-bond donors (Lipinski definition) is 1. The number of methoxy groups -OCH3 is 1. The number of fused-ring (bicyclic) bond motifs is 1. The first-order valence-corrected chi connectivity index (χ1v) is 9.26. The van der Waals surface area contributed by atoms with Crippen LogP contribution in [0.15, 0.2) is 30.5 Å². The summed E-state index contributed by atoms with van der Waals surface area (Å²) in [6, 6.07) is 7.59. The molecule has 4 rings (SSSR count). The van der Waals surface area contributed by atoms with Crippen molar-refractivity contribution in [3.63, 3.8) is 0 Å². The molecule has 2 aliphatic rings. The largest absolute Gasteiger partial charge is 2.00 e. The zero-order valence-corrected chi connectivity index (χ0v) is 18.0. The van der Waals surface area contributed by atoms with Crippen molar-refractivity contribution in [3.05, 3.63) is 99.2 Å². The van der Waals surface area contributed by atoms with E-state index in [4.69, 9.17) is 4.74 Å². The Balaban J connectivity index is 0.000000437. The van der Waals surface area contributed by atoms with Gasteiger partial charge in [0.05, 0.1) is 18.7 Å². The van der Waals surface area contributed by atoms with E-state index >= 15 is 0 Å². The Morgan fingerprint density at radius 2 is 1.69 bits per heavy atom. The van der Waals surface area contributed by atoms with Crippen LogP contribution in [-0.4, -0.2) is 42.7 Å². The molecule has 1 aromatic carbocycles. The molecular formula is C24H26FeN2O2+2. The van der Waals surface area contributed by atoms with E-state index in [0.29, 0.717) is 0 Å². The van der Waals surface area contributed by atoms with E-state index in [9.17, 15) is 5.11 Å². The fraction of sp³-hybridized carbons (Fsp3) is 0.208. The third-order valence-corrected chi connectivity index (χ3v) is 4.56. The van der Waals surface area contributed by atoms with Crippen molar-refractivity contribution < 1.29 is 26.9 Å². The van der Waals surface area contributed by atoms with Crippen molar-refractivity contribution in [2.75, 3.05) is 27.7 Å². The summed E-state index contributed by atoms with van der Waals surface area (Å²) >= 11 is 0. The topological polar surface area (TPSA) is 45.6 Å². The molecule has 29 heavy (non-hydrogen) atoms. The molecular weight excluding hydrogens is 404 g/mol. The van der Waals surface area contributed by atoms with Gasteiger partial charge in [-0.25, -0.2) is 0 Å². The van der Waals surface area contributed by atoms with Crippen LogP contribution in [0.5, 0.6) is 5.75 Å². The third kappa shape index (κ3) is 6.42. The monoisotopic (exact) mass is 430 g/mol. The Morgan fingerprint density at radius 3 is 2.31 bits per heavy atom. The minimum Gasteiger partial charge on any atom is -0.497 e. The van der Waals surface area contributed by atoms with Gasteiger partial charge in [0.25, 0.3) is 0 Å². The van der Waals surface area contributed by atoms with Gasteiger partial charge in [0.15, 0.2) is 0 Å². The van der Waals surface area contributed by atoms with Crippen LogP contribution < -0.4 is 4.74 Å². The van der Waals surface area contributed by atoms with E-state index in [1.54, 1.807) is 13.3 Å². The van der Waals surface area contributed by atoms with E-state index in [2.05, 4.69) is 16.3 Å². The van der Waals surface area contributed by atoms with Gasteiger partial charge in [-0.15, -0.1) is 0 Å². The summed E-state index contributed by atoms with van der Waals surface area (Å²) in [7, 11) is 5.69. The molecule has 1 N–H and O–H groups in total. The van der Waals surface area contributed by atoms with Crippen molar-refractivity contribution in [2.45, 2.75) is 6.10 Å². The first-order valence-electron chi connectivity index (χ1n) is 9.26. The zero-order chi connectivity index (χ0) is 19.9. The van der Waals surface area contributed by atoms with Crippen LogP contribution in [0, 0.1) is 63.2 Å². The van der Waals surface area contributed by atoms with E-state index < -0.39 is 6.10 Å². The van der Waals surface area contributed by atoms with Gasteiger partial charge in [-0.05, 0) is 95.3 Å². The van der Waals surface area contributed by atoms with Gasteiger partial charge in [0, 0.05) is 30.0 Å². The average molecular weight is 430 g/mol. The number of aliphatic hydroxyl groups excluding tert-OH is 1. The SMILES string of the molecule is COc1ccc2nccc([C@@H](O)[C]3[CH][CH][CH][C]3CN(C)C)c2c1.[CH]1[CH][CH][CH][CH]1.[Fe+2]. The summed E-state index contributed by atoms with van der Waals surface area (Å²) in [4.78, 5) is 6.47. The standard InChI is InChI=1S/C19H21N2O2.C5H5.Fe/c1-21(2)12-13-5-4-6-15(13)19(22)16-9-10-20-18-8-7-14(23-3)11-17(16)18;1-2-4-5-3-1;/h4-11,19,22H,12H2,1-3H3;1-5H;/q;;+2/t19-;;/m0../s1. The molecule has 1 aromatic heterocycles. The molecule has 0 saturated heterocycles. The van der Waals surface area contributed by atoms with E-state index in [1.807, 2.05) is 83.3 Å². The summed E-state index contributed by atoms with van der Waals surface area (Å²) in [5.41, 5.74) is 1.70. The van der Waals surface area contributed by atoms with Crippen LogP contribution in [0.2, 0.25) is 0 Å². The molecule has 1 heterocycles. The Hall–Kier alpha value is -1.13. The van der Waals surface area contributed by atoms with Crippen LogP contribution in [0.4, 0.5) is 0 Å². The van der Waals surface area contributed by atoms with Crippen LogP contribution >= 0.6 is 0 Å². The van der Waals surface area contributed by atoms with E-state index in [1.165, 1.54) is 0 Å². The average Bonchev–Trinajstić information content (AvgIpc) is 3.41. The predicted molar refractivity (Wildman–Crippen MR) is 113 cm³/mol. The van der Waals surface area contributed by atoms with Crippen LogP contribution in [0.25, 0.3) is 10.9 Å². The van der Waals surface area contributed by atoms with Gasteiger partial charge in [-0.3, -0.25) is 4.98 Å². The number of benzene rings is 1. The molecule has 0 bridgehead atoms. The maximum atomic E-state index is 10.9. The smallest absolute Gasteiger partial charge is 0.497 e. The first kappa shape index (κ1) is 24.1. The number of nitrogens with zero attached hydrogens (tertiary/aromatic N) is 2. The molecule has 10 radical (unpaired) electrons. The Morgan fingerprint density at radius 1 is 1.00 bits per heavy atom. The molecule has 4 nitrogen and oxygen atoms in total. The Labute approximate surface area is 186 Å². The molecule has 2 saturated carbocycles. The molecule has 2 aliphatic carbocycles. The Bertz CT molecular complexity index is 741. The number of ether oxygens (including phenoxy) is 1. The van der Waals surface area contributed by atoms with Crippen molar-refractivity contribution in [1.82, 2.24) is 9.88 Å². The number of pyridine rings is 1. The van der Waals surface area contributed by atoms with Crippen molar-refractivity contribution in [2.24, 2.45) is 0 Å². The Kier molecular flexibility index (Phi) is 9.91. The van der Waals surface area contributed by atoms with Gasteiger partial charge in [0.1, 0.15) is 5.75 Å². The molecule has 1 atom stereocenters. The molecule has 2 aromatic rings. The summed E-state index contributed by atoms with van der Waals surface area (Å²) in [5, 5.41) is 11.9. The van der Waals surface area contributed by atoms with Gasteiger partial charge in [-0.1, -0.05) is 0 Å². The molecule has 0 amide bonds. The fourth-order valence-electron chi connectivity index (χ4n) is 3.22. The van der Waals surface area contributed by atoms with Gasteiger partial charge in [-0.2, -0.15) is 0 Å². The molecule has 0 spiro atoms. The molecule has 150 valence electrons. The van der Waals surface area contributed by atoms with Crippen LogP contribution in [0.1, 0.15) is 11.7 Å². The van der Waals surface area contributed by atoms with E-state index in [-0.39, 0.29) is 17.1 Å². The molecule has 0 aliphatic heterocycles. The minimum absolute atomic E-state index is 0. The predicted octanol–water partition coefficient (Wildman–Crippen LogP) is 3.63. The van der Waals surface area contributed by atoms with Gasteiger partial charge < -0.3 is 14.7 Å². The van der Waals surface area contributed by atoms with Crippen molar-refractivity contribution in [3.8, 4) is 5.75 Å². The van der Waals surface area contributed by atoms with Crippen molar-refractivity contribution >= 4 is 10.9 Å². The second kappa shape index (κ2) is 11.9. The summed E-state index contributed by atoms with van der Waals surface area (Å²) in [6.07, 6.45) is 17.1. The second-order valence-corrected chi connectivity index (χ2v) is 6.89. The van der Waals surface area contributed by atoms with E-state index in [0.717, 1.165) is 40.6 Å². The van der Waals surface area contributed by atoms with Crippen LogP contribution in [0.3, 0.4) is 0 Å². The number of aromatic nitrogens is 1. The summed E-state index contributed by atoms with van der Waals surface area (Å²) in [6.45, 7) is 0.797. The molecule has 5 heteroatoms. The number of rotatable bonds is 5. The molecule has 0 unspecified atom stereocenters. The van der Waals surface area contributed by atoms with Gasteiger partial charge in [0.2, 0.25) is 0 Å². The normalized spacial score (nSPS) is 18.4. The van der Waals surface area contributed by atoms with Crippen molar-refractivity contribution in [1.29, 1.82) is 0 Å². The van der Waals surface area contributed by atoms with Gasteiger partial charge >= 0.3 is 17.1 Å². The van der Waals surface area contributed by atoms with Crippen LogP contribution in [-0.2, 0) is 17.1 Å². The maximum Gasteiger partial charge on any atom is 2.00 e. The number of hydrogen-bond acceptors (Lipinski definition) is 4. The molecule has 2 fully saturated rings. The number of aliphatic hydroxyl groups is 1. The third-order valence-electron chi connectivity index (χ3n) is 4.56. The second-order valence-electron chi connectivity index (χ2n) is 6.89. The maximum absolute atomic E-state index is 10.9. The quantitative estimate of drug-likeness (QED) is 0.736. The minimum atomic E-state index is -0.683. The first-order chi connectivity index (χ1) is 13.6. The zero-order valence-electron chi connectivity index (χ0n) is 16.9. The summed E-state index contributed by atoms with van der Waals surface area (Å²) in [5.74, 6) is 2.83.